The summed E-state index contributed by atoms with van der Waals surface area (Å²) in [5, 5.41) is 4.25. The van der Waals surface area contributed by atoms with E-state index in [1.165, 1.54) is 12.0 Å². The molecule has 1 aromatic rings. The third kappa shape index (κ3) is 2.48. The van der Waals surface area contributed by atoms with Gasteiger partial charge >= 0.3 is 0 Å². The second-order valence-electron chi connectivity index (χ2n) is 4.94. The van der Waals surface area contributed by atoms with Crippen molar-refractivity contribution in [3.63, 3.8) is 0 Å². The Kier molecular flexibility index (Phi) is 4.15. The average Bonchev–Trinajstić information content (AvgIpc) is 2.76. The molecule has 1 aromatic carbocycles. The molecule has 0 aromatic heterocycles. The van der Waals surface area contributed by atoms with Crippen molar-refractivity contribution in [2.75, 3.05) is 20.8 Å². The Labute approximate surface area is 113 Å². The van der Waals surface area contributed by atoms with E-state index < -0.39 is 0 Å². The van der Waals surface area contributed by atoms with Crippen LogP contribution in [0.2, 0.25) is 5.02 Å². The second kappa shape index (κ2) is 5.47. The van der Waals surface area contributed by atoms with Crippen LogP contribution in [0.1, 0.15) is 30.9 Å². The van der Waals surface area contributed by atoms with Crippen molar-refractivity contribution >= 4 is 11.6 Å². The molecule has 1 atom stereocenters. The molecule has 2 rings (SSSR count). The fourth-order valence-corrected chi connectivity index (χ4v) is 3.03. The number of nitrogens with one attached hydrogen (secondary N) is 1. The zero-order chi connectivity index (χ0) is 13.2. The molecule has 3 nitrogen and oxygen atoms in total. The van der Waals surface area contributed by atoms with E-state index in [0.29, 0.717) is 11.6 Å². The summed E-state index contributed by atoms with van der Waals surface area (Å²) in [6.45, 7) is 3.79. The summed E-state index contributed by atoms with van der Waals surface area (Å²) in [5.74, 6) is 0.839. The van der Waals surface area contributed by atoms with E-state index >= 15 is 0 Å². The molecule has 0 spiro atoms. The number of methoxy groups -OCH3 is 2. The maximum Gasteiger partial charge on any atom is 0.125 e. The lowest BCUT2D eigenvalue weighted by Crippen LogP contribution is -2.34. The first-order valence-electron chi connectivity index (χ1n) is 6.21. The maximum atomic E-state index is 6.13. The molecule has 18 heavy (non-hydrogen) atoms. The van der Waals surface area contributed by atoms with Gasteiger partial charge in [-0.15, -0.1) is 0 Å². The summed E-state index contributed by atoms with van der Waals surface area (Å²) < 4.78 is 10.8. The fraction of sp³-hybridized carbons (Fsp3) is 0.571. The first-order valence-corrected chi connectivity index (χ1v) is 6.59. The van der Waals surface area contributed by atoms with Gasteiger partial charge < -0.3 is 14.8 Å². The lowest BCUT2D eigenvalue weighted by atomic mass is 9.86. The minimum absolute atomic E-state index is 0.0518. The third-order valence-electron chi connectivity index (χ3n) is 3.59. The average molecular weight is 270 g/mol. The Hall–Kier alpha value is -0.770. The lowest BCUT2D eigenvalue weighted by molar-refractivity contribution is 0.181. The summed E-state index contributed by atoms with van der Waals surface area (Å²) in [5.41, 5.74) is 2.22. The molecule has 0 aliphatic carbocycles. The number of halogens is 1. The molecule has 1 N–H and O–H groups in total. The van der Waals surface area contributed by atoms with Gasteiger partial charge in [0.1, 0.15) is 5.75 Å². The quantitative estimate of drug-likeness (QED) is 0.911. The van der Waals surface area contributed by atoms with E-state index in [4.69, 9.17) is 21.1 Å². The van der Waals surface area contributed by atoms with E-state index in [-0.39, 0.29) is 5.54 Å². The summed E-state index contributed by atoms with van der Waals surface area (Å²) in [4.78, 5) is 0. The summed E-state index contributed by atoms with van der Waals surface area (Å²) >= 11 is 6.13. The number of hydrogen-bond acceptors (Lipinski definition) is 3. The van der Waals surface area contributed by atoms with Gasteiger partial charge in [0, 0.05) is 23.2 Å². The van der Waals surface area contributed by atoms with E-state index in [9.17, 15) is 0 Å². The highest BCUT2D eigenvalue weighted by atomic mass is 35.5. The normalized spacial score (nSPS) is 23.3. The SMILES string of the molecule is COCc1cc(Cl)cc(OC)c1C1(C)CCCN1. The molecule has 1 aliphatic heterocycles. The monoisotopic (exact) mass is 269 g/mol. The van der Waals surface area contributed by atoms with Crippen LogP contribution >= 0.6 is 11.6 Å². The Morgan fingerprint density at radius 3 is 2.72 bits per heavy atom. The molecule has 1 aliphatic rings. The zero-order valence-corrected chi connectivity index (χ0v) is 11.9. The van der Waals surface area contributed by atoms with Crippen LogP contribution in [-0.4, -0.2) is 20.8 Å². The first kappa shape index (κ1) is 13.7. The summed E-state index contributed by atoms with van der Waals surface area (Å²) in [6.07, 6.45) is 2.27. The highest BCUT2D eigenvalue weighted by Gasteiger charge is 2.35. The van der Waals surface area contributed by atoms with Crippen molar-refractivity contribution in [1.82, 2.24) is 5.32 Å². The summed E-state index contributed by atoms with van der Waals surface area (Å²) in [6, 6.07) is 3.84. The van der Waals surface area contributed by atoms with Crippen LogP contribution in [0.3, 0.4) is 0 Å². The molecular formula is C14H20ClNO2. The van der Waals surface area contributed by atoms with Crippen LogP contribution in [-0.2, 0) is 16.9 Å². The molecule has 0 amide bonds. The highest BCUT2D eigenvalue weighted by molar-refractivity contribution is 6.30. The molecule has 1 saturated heterocycles. The van der Waals surface area contributed by atoms with Crippen LogP contribution in [0.5, 0.6) is 5.75 Å². The Bertz CT molecular complexity index is 428. The van der Waals surface area contributed by atoms with Crippen molar-refractivity contribution in [3.05, 3.63) is 28.3 Å². The van der Waals surface area contributed by atoms with Gasteiger partial charge in [-0.25, -0.2) is 0 Å². The minimum Gasteiger partial charge on any atom is -0.496 e. The number of ether oxygens (including phenoxy) is 2. The van der Waals surface area contributed by atoms with Crippen molar-refractivity contribution in [3.8, 4) is 5.75 Å². The van der Waals surface area contributed by atoms with Gasteiger partial charge in [0.25, 0.3) is 0 Å². The van der Waals surface area contributed by atoms with Gasteiger partial charge in [-0.2, -0.15) is 0 Å². The number of rotatable bonds is 4. The molecular weight excluding hydrogens is 250 g/mol. The van der Waals surface area contributed by atoms with Gasteiger partial charge in [0.15, 0.2) is 0 Å². The molecule has 1 fully saturated rings. The van der Waals surface area contributed by atoms with Crippen LogP contribution in [0.15, 0.2) is 12.1 Å². The van der Waals surface area contributed by atoms with E-state index in [2.05, 4.69) is 12.2 Å². The van der Waals surface area contributed by atoms with Crippen molar-refractivity contribution in [2.24, 2.45) is 0 Å². The second-order valence-corrected chi connectivity index (χ2v) is 5.37. The third-order valence-corrected chi connectivity index (χ3v) is 3.81. The molecule has 0 radical (unpaired) electrons. The van der Waals surface area contributed by atoms with Crippen molar-refractivity contribution < 1.29 is 9.47 Å². The topological polar surface area (TPSA) is 30.5 Å². The molecule has 0 saturated carbocycles. The molecule has 0 bridgehead atoms. The van der Waals surface area contributed by atoms with E-state index in [1.807, 2.05) is 12.1 Å². The Balaban J connectivity index is 2.54. The molecule has 4 heteroatoms. The van der Waals surface area contributed by atoms with Crippen molar-refractivity contribution in [1.29, 1.82) is 0 Å². The zero-order valence-electron chi connectivity index (χ0n) is 11.2. The van der Waals surface area contributed by atoms with Gasteiger partial charge in [-0.1, -0.05) is 11.6 Å². The fourth-order valence-electron chi connectivity index (χ4n) is 2.80. The highest BCUT2D eigenvalue weighted by Crippen LogP contribution is 2.40. The van der Waals surface area contributed by atoms with Crippen LogP contribution in [0.25, 0.3) is 0 Å². The van der Waals surface area contributed by atoms with Gasteiger partial charge in [-0.3, -0.25) is 0 Å². The first-order chi connectivity index (χ1) is 8.60. The number of benzene rings is 1. The largest absolute Gasteiger partial charge is 0.496 e. The van der Waals surface area contributed by atoms with Crippen LogP contribution < -0.4 is 10.1 Å². The van der Waals surface area contributed by atoms with Gasteiger partial charge in [-0.05, 0) is 44.0 Å². The van der Waals surface area contributed by atoms with Crippen LogP contribution in [0, 0.1) is 0 Å². The molecule has 1 unspecified atom stereocenters. The van der Waals surface area contributed by atoms with Crippen molar-refractivity contribution in [2.45, 2.75) is 31.9 Å². The van der Waals surface area contributed by atoms with E-state index in [1.54, 1.807) is 14.2 Å². The lowest BCUT2D eigenvalue weighted by Gasteiger charge is -2.29. The Morgan fingerprint density at radius 1 is 1.39 bits per heavy atom. The minimum atomic E-state index is -0.0518. The molecule has 100 valence electrons. The number of hydrogen-bond donors (Lipinski definition) is 1. The standard InChI is InChI=1S/C14H20ClNO2/c1-14(5-4-6-16-14)13-10(9-17-2)7-11(15)8-12(13)18-3/h7-8,16H,4-6,9H2,1-3H3. The van der Waals surface area contributed by atoms with Crippen LogP contribution in [0.4, 0.5) is 0 Å². The predicted molar refractivity (Wildman–Crippen MR) is 73.3 cm³/mol. The predicted octanol–water partition coefficient (Wildman–Crippen LogP) is 3.09. The smallest absolute Gasteiger partial charge is 0.125 e. The summed E-state index contributed by atoms with van der Waals surface area (Å²) in [7, 11) is 3.38. The Morgan fingerprint density at radius 2 is 2.17 bits per heavy atom. The maximum absolute atomic E-state index is 6.13. The van der Waals surface area contributed by atoms with Gasteiger partial charge in [0.2, 0.25) is 0 Å². The molecule has 1 heterocycles. The van der Waals surface area contributed by atoms with E-state index in [0.717, 1.165) is 24.3 Å². The van der Waals surface area contributed by atoms with Gasteiger partial charge in [0.05, 0.1) is 13.7 Å².